The molecule has 2 amide bonds. The molecule has 0 radical (unpaired) electrons. The lowest BCUT2D eigenvalue weighted by Crippen LogP contribution is -2.50. The van der Waals surface area contributed by atoms with Crippen LogP contribution in [0, 0.1) is 17.6 Å². The van der Waals surface area contributed by atoms with Crippen molar-refractivity contribution in [3.8, 4) is 11.3 Å². The number of nitrogens with zero attached hydrogens (tertiary/aromatic N) is 4. The number of halogens is 2. The highest BCUT2D eigenvalue weighted by Gasteiger charge is 2.29. The number of aromatic nitrogens is 2. The molecule has 0 spiro atoms. The number of aryl methyl sites for hydroxylation is 1. The molecule has 1 aromatic carbocycles. The first kappa shape index (κ1) is 21.5. The summed E-state index contributed by atoms with van der Waals surface area (Å²) >= 11 is 0. The quantitative estimate of drug-likeness (QED) is 0.745. The molecule has 2 aliphatic rings. The molecule has 2 aromatic rings. The van der Waals surface area contributed by atoms with E-state index in [2.05, 4.69) is 5.10 Å². The normalized spacial score (nSPS) is 17.8. The number of rotatable bonds is 4. The van der Waals surface area contributed by atoms with Crippen LogP contribution in [0.5, 0.6) is 0 Å². The molecular weight excluding hydrogens is 402 g/mol. The number of piperazine rings is 1. The van der Waals surface area contributed by atoms with Gasteiger partial charge in [-0.1, -0.05) is 19.3 Å². The summed E-state index contributed by atoms with van der Waals surface area (Å²) in [6, 6.07) is 3.23. The molecule has 31 heavy (non-hydrogen) atoms. The van der Waals surface area contributed by atoms with E-state index in [1.165, 1.54) is 30.0 Å². The molecule has 0 unspecified atom stereocenters. The predicted octanol–water partition coefficient (Wildman–Crippen LogP) is 3.62. The molecule has 1 aliphatic carbocycles. The fourth-order valence-corrected chi connectivity index (χ4v) is 4.62. The van der Waals surface area contributed by atoms with Crippen LogP contribution in [0.3, 0.4) is 0 Å². The van der Waals surface area contributed by atoms with Gasteiger partial charge in [-0.05, 0) is 30.9 Å². The van der Waals surface area contributed by atoms with Gasteiger partial charge < -0.3 is 9.80 Å². The van der Waals surface area contributed by atoms with E-state index in [1.54, 1.807) is 18.1 Å². The highest BCUT2D eigenvalue weighted by Crippen LogP contribution is 2.28. The number of hydrogen-bond acceptors (Lipinski definition) is 3. The molecule has 1 saturated carbocycles. The van der Waals surface area contributed by atoms with Crippen LogP contribution in [0.2, 0.25) is 0 Å². The summed E-state index contributed by atoms with van der Waals surface area (Å²) in [6.45, 7) is 1.85. The van der Waals surface area contributed by atoms with Crippen molar-refractivity contribution in [3.05, 3.63) is 41.6 Å². The van der Waals surface area contributed by atoms with Crippen molar-refractivity contribution < 1.29 is 18.4 Å². The maximum Gasteiger partial charge on any atom is 0.257 e. The molecule has 0 atom stereocenters. The van der Waals surface area contributed by atoms with E-state index >= 15 is 0 Å². The van der Waals surface area contributed by atoms with Crippen molar-refractivity contribution in [1.82, 2.24) is 19.6 Å². The van der Waals surface area contributed by atoms with Gasteiger partial charge in [-0.2, -0.15) is 5.10 Å². The molecule has 0 bridgehead atoms. The van der Waals surface area contributed by atoms with Crippen molar-refractivity contribution >= 4 is 11.8 Å². The van der Waals surface area contributed by atoms with Crippen LogP contribution in [0.25, 0.3) is 11.3 Å². The van der Waals surface area contributed by atoms with Crippen LogP contribution >= 0.6 is 0 Å². The Morgan fingerprint density at radius 2 is 1.71 bits per heavy atom. The van der Waals surface area contributed by atoms with Gasteiger partial charge in [0.05, 0.1) is 5.56 Å². The highest BCUT2D eigenvalue weighted by molar-refractivity contribution is 6.00. The van der Waals surface area contributed by atoms with E-state index in [0.29, 0.717) is 38.5 Å². The lowest BCUT2D eigenvalue weighted by molar-refractivity contribution is -0.133. The summed E-state index contributed by atoms with van der Waals surface area (Å²) in [5.74, 6) is -1.03. The van der Waals surface area contributed by atoms with E-state index in [4.69, 9.17) is 0 Å². The van der Waals surface area contributed by atoms with Gasteiger partial charge in [-0.25, -0.2) is 8.78 Å². The molecule has 1 saturated heterocycles. The Morgan fingerprint density at radius 1 is 1.03 bits per heavy atom. The molecule has 1 aliphatic heterocycles. The van der Waals surface area contributed by atoms with Gasteiger partial charge in [-0.3, -0.25) is 14.3 Å². The van der Waals surface area contributed by atoms with Crippen LogP contribution in [-0.4, -0.2) is 57.6 Å². The standard InChI is InChI=1S/C23H28F2N4O2/c1-27-15-19(22(26-27)18-8-7-17(24)14-20(18)25)23(31)29-11-9-28(10-12-29)21(30)13-16-5-3-2-4-6-16/h7-8,14-16H,2-6,9-13H2,1H3. The zero-order chi connectivity index (χ0) is 22.0. The molecule has 166 valence electrons. The minimum Gasteiger partial charge on any atom is -0.339 e. The van der Waals surface area contributed by atoms with Crippen LogP contribution in [0.4, 0.5) is 8.78 Å². The summed E-state index contributed by atoms with van der Waals surface area (Å²) in [5, 5.41) is 4.24. The van der Waals surface area contributed by atoms with Crippen molar-refractivity contribution in [3.63, 3.8) is 0 Å². The van der Waals surface area contributed by atoms with Crippen LogP contribution in [0.1, 0.15) is 48.9 Å². The SMILES string of the molecule is Cn1cc(C(=O)N2CCN(C(=O)CC3CCCCC3)CC2)c(-c2ccc(F)cc2F)n1. The molecule has 2 heterocycles. The zero-order valence-corrected chi connectivity index (χ0v) is 17.8. The van der Waals surface area contributed by atoms with E-state index in [1.807, 2.05) is 4.90 Å². The Balaban J connectivity index is 1.42. The minimum absolute atomic E-state index is 0.0895. The van der Waals surface area contributed by atoms with Gasteiger partial charge in [0, 0.05) is 57.5 Å². The lowest BCUT2D eigenvalue weighted by atomic mass is 9.86. The Kier molecular flexibility index (Phi) is 6.34. The maximum absolute atomic E-state index is 14.3. The van der Waals surface area contributed by atoms with Gasteiger partial charge in [-0.15, -0.1) is 0 Å². The third-order valence-corrected chi connectivity index (χ3v) is 6.35. The largest absolute Gasteiger partial charge is 0.339 e. The molecule has 0 N–H and O–H groups in total. The van der Waals surface area contributed by atoms with Gasteiger partial charge in [0.2, 0.25) is 5.91 Å². The van der Waals surface area contributed by atoms with Crippen LogP contribution < -0.4 is 0 Å². The van der Waals surface area contributed by atoms with E-state index in [0.717, 1.165) is 25.0 Å². The molecular formula is C23H28F2N4O2. The maximum atomic E-state index is 14.3. The lowest BCUT2D eigenvalue weighted by Gasteiger charge is -2.35. The molecule has 2 fully saturated rings. The first-order chi connectivity index (χ1) is 14.9. The Hall–Kier alpha value is -2.77. The first-order valence-corrected chi connectivity index (χ1v) is 11.0. The number of carbonyl (C=O) groups is 2. The summed E-state index contributed by atoms with van der Waals surface area (Å²) < 4.78 is 29.1. The van der Waals surface area contributed by atoms with Gasteiger partial charge in [0.1, 0.15) is 17.3 Å². The van der Waals surface area contributed by atoms with Crippen molar-refractivity contribution in [2.45, 2.75) is 38.5 Å². The number of benzene rings is 1. The Bertz CT molecular complexity index is 960. The molecule has 4 rings (SSSR count). The van der Waals surface area contributed by atoms with Crippen LogP contribution in [-0.2, 0) is 11.8 Å². The molecule has 6 nitrogen and oxygen atoms in total. The number of amides is 2. The van der Waals surface area contributed by atoms with Gasteiger partial charge in [0.25, 0.3) is 5.91 Å². The van der Waals surface area contributed by atoms with Gasteiger partial charge in [0.15, 0.2) is 0 Å². The number of carbonyl (C=O) groups excluding carboxylic acids is 2. The van der Waals surface area contributed by atoms with Crippen molar-refractivity contribution in [2.24, 2.45) is 13.0 Å². The van der Waals surface area contributed by atoms with Crippen molar-refractivity contribution in [2.75, 3.05) is 26.2 Å². The van der Waals surface area contributed by atoms with E-state index in [9.17, 15) is 18.4 Å². The minimum atomic E-state index is -0.758. The zero-order valence-electron chi connectivity index (χ0n) is 17.8. The van der Waals surface area contributed by atoms with Crippen LogP contribution in [0.15, 0.2) is 24.4 Å². The fourth-order valence-electron chi connectivity index (χ4n) is 4.62. The third kappa shape index (κ3) is 4.78. The predicted molar refractivity (Wildman–Crippen MR) is 112 cm³/mol. The van der Waals surface area contributed by atoms with E-state index < -0.39 is 11.6 Å². The second-order valence-electron chi connectivity index (χ2n) is 8.57. The second kappa shape index (κ2) is 9.16. The second-order valence-corrected chi connectivity index (χ2v) is 8.57. The summed E-state index contributed by atoms with van der Waals surface area (Å²) in [6.07, 6.45) is 8.11. The highest BCUT2D eigenvalue weighted by atomic mass is 19.1. The topological polar surface area (TPSA) is 58.4 Å². The summed E-state index contributed by atoms with van der Waals surface area (Å²) in [5.41, 5.74) is 0.558. The first-order valence-electron chi connectivity index (χ1n) is 11.0. The smallest absolute Gasteiger partial charge is 0.257 e. The van der Waals surface area contributed by atoms with Crippen molar-refractivity contribution in [1.29, 1.82) is 0 Å². The van der Waals surface area contributed by atoms with Gasteiger partial charge >= 0.3 is 0 Å². The average molecular weight is 430 g/mol. The molecule has 8 heteroatoms. The molecule has 1 aromatic heterocycles. The summed E-state index contributed by atoms with van der Waals surface area (Å²) in [7, 11) is 1.66. The Morgan fingerprint density at radius 3 is 2.39 bits per heavy atom. The summed E-state index contributed by atoms with van der Waals surface area (Å²) in [4.78, 5) is 29.3. The Labute approximate surface area is 180 Å². The average Bonchev–Trinajstić information content (AvgIpc) is 3.15. The monoisotopic (exact) mass is 430 g/mol. The van der Waals surface area contributed by atoms with E-state index in [-0.39, 0.29) is 28.6 Å². The number of hydrogen-bond donors (Lipinski definition) is 0. The third-order valence-electron chi connectivity index (χ3n) is 6.35. The fraction of sp³-hybridized carbons (Fsp3) is 0.522.